The molecular formula is C16H24BOS. The quantitative estimate of drug-likeness (QED) is 0.584. The molecule has 1 radical (unpaired) electrons. The first-order valence-electron chi connectivity index (χ1n) is 7.23. The van der Waals surface area contributed by atoms with E-state index < -0.39 is 0 Å². The van der Waals surface area contributed by atoms with Gasteiger partial charge >= 0.3 is 0 Å². The van der Waals surface area contributed by atoms with Gasteiger partial charge in [-0.3, -0.25) is 0 Å². The normalized spacial score (nSPS) is 19.9. The van der Waals surface area contributed by atoms with Gasteiger partial charge < -0.3 is 4.18 Å². The maximum absolute atomic E-state index is 6.16. The Kier molecular flexibility index (Phi) is 5.71. The molecule has 0 aromatic heterocycles. The number of benzene rings is 1. The van der Waals surface area contributed by atoms with Gasteiger partial charge in [-0.2, -0.15) is 0 Å². The lowest BCUT2D eigenvalue weighted by Crippen LogP contribution is -2.19. The summed E-state index contributed by atoms with van der Waals surface area (Å²) in [5.41, 5.74) is 2.59. The van der Waals surface area contributed by atoms with E-state index in [9.17, 15) is 0 Å². The molecule has 0 heterocycles. The summed E-state index contributed by atoms with van der Waals surface area (Å²) in [4.78, 5) is 0. The molecule has 0 N–H and O–H groups in total. The Balaban J connectivity index is 2.17. The van der Waals surface area contributed by atoms with Gasteiger partial charge in [0.15, 0.2) is 0 Å². The van der Waals surface area contributed by atoms with Crippen LogP contribution in [-0.4, -0.2) is 19.4 Å². The zero-order chi connectivity index (χ0) is 13.7. The summed E-state index contributed by atoms with van der Waals surface area (Å²) in [5.74, 6) is 4.70. The van der Waals surface area contributed by atoms with E-state index in [4.69, 9.17) is 4.18 Å². The van der Waals surface area contributed by atoms with Gasteiger partial charge in [0.1, 0.15) is 7.28 Å². The first-order valence-corrected chi connectivity index (χ1v) is 8.95. The van der Waals surface area contributed by atoms with Crippen LogP contribution >= 0.6 is 10.8 Å². The van der Waals surface area contributed by atoms with Crippen LogP contribution in [0.1, 0.15) is 43.8 Å². The monoisotopic (exact) mass is 275 g/mol. The van der Waals surface area contributed by atoms with Crippen LogP contribution in [0.5, 0.6) is 0 Å². The molecule has 1 aliphatic carbocycles. The summed E-state index contributed by atoms with van der Waals surface area (Å²) >= 11 is 0. The fourth-order valence-corrected chi connectivity index (χ4v) is 3.52. The van der Waals surface area contributed by atoms with Crippen LogP contribution in [0, 0.1) is 5.92 Å². The number of hydrogen-bond donors (Lipinski definition) is 0. The second kappa shape index (κ2) is 7.30. The molecule has 3 heteroatoms. The van der Waals surface area contributed by atoms with Crippen molar-refractivity contribution < 1.29 is 4.18 Å². The van der Waals surface area contributed by atoms with Gasteiger partial charge in [0.2, 0.25) is 0 Å². The molecule has 103 valence electrons. The van der Waals surface area contributed by atoms with Gasteiger partial charge in [0.05, 0.1) is 6.10 Å². The topological polar surface area (TPSA) is 9.23 Å². The van der Waals surface area contributed by atoms with Crippen molar-refractivity contribution >= 4 is 29.4 Å². The maximum atomic E-state index is 6.16. The van der Waals surface area contributed by atoms with E-state index in [1.54, 1.807) is 0 Å². The minimum absolute atomic E-state index is 0.213. The van der Waals surface area contributed by atoms with E-state index in [1.165, 1.54) is 43.1 Å². The highest BCUT2D eigenvalue weighted by atomic mass is 32.2. The van der Waals surface area contributed by atoms with Crippen molar-refractivity contribution in [2.24, 2.45) is 5.92 Å². The molecule has 1 aromatic rings. The molecule has 0 aliphatic heterocycles. The molecule has 1 nitrogen and oxygen atoms in total. The predicted molar refractivity (Wildman–Crippen MR) is 88.7 cm³/mol. The molecule has 19 heavy (non-hydrogen) atoms. The molecule has 1 saturated carbocycles. The average molecular weight is 275 g/mol. The Morgan fingerprint density at radius 2 is 1.84 bits per heavy atom. The van der Waals surface area contributed by atoms with Crippen molar-refractivity contribution in [2.45, 2.75) is 45.0 Å². The molecule has 0 saturated heterocycles. The van der Waals surface area contributed by atoms with Gasteiger partial charge in [0.25, 0.3) is 0 Å². The summed E-state index contributed by atoms with van der Waals surface area (Å²) in [6.07, 6.45) is 8.96. The van der Waals surface area contributed by atoms with Crippen LogP contribution in [0.2, 0.25) is 6.82 Å². The van der Waals surface area contributed by atoms with E-state index in [-0.39, 0.29) is 16.9 Å². The summed E-state index contributed by atoms with van der Waals surface area (Å²) in [5, 5.41) is 0. The summed E-state index contributed by atoms with van der Waals surface area (Å²) in [6.45, 7) is 2.07. The second-order valence-corrected chi connectivity index (χ2v) is 6.78. The van der Waals surface area contributed by atoms with Crippen LogP contribution in [0.3, 0.4) is 0 Å². The van der Waals surface area contributed by atoms with E-state index in [0.29, 0.717) is 5.92 Å². The standard InChI is InChI=1S/C16H24BOS/c1-17-15-11-9-14(10-12-15)16(18-19(2)3)13-7-5-4-6-8-13/h9-13,16H,2,4-8H2,1,3H3. The highest BCUT2D eigenvalue weighted by molar-refractivity contribution is 8.09. The van der Waals surface area contributed by atoms with Crippen LogP contribution in [0.4, 0.5) is 0 Å². The zero-order valence-electron chi connectivity index (χ0n) is 12.1. The van der Waals surface area contributed by atoms with Crippen molar-refractivity contribution in [3.05, 3.63) is 29.8 Å². The van der Waals surface area contributed by atoms with Crippen LogP contribution in [0.25, 0.3) is 0 Å². The lowest BCUT2D eigenvalue weighted by Gasteiger charge is -2.30. The third-order valence-corrected chi connectivity index (χ3v) is 4.48. The minimum atomic E-state index is -0.213. The zero-order valence-corrected chi connectivity index (χ0v) is 12.9. The predicted octanol–water partition coefficient (Wildman–Crippen LogP) is 3.95. The molecule has 2 unspecified atom stereocenters. The fraction of sp³-hybridized carbons (Fsp3) is 0.562. The molecule has 2 rings (SSSR count). The molecule has 0 spiro atoms. The fourth-order valence-electron chi connectivity index (χ4n) is 2.90. The van der Waals surface area contributed by atoms with Crippen molar-refractivity contribution in [1.82, 2.24) is 0 Å². The Morgan fingerprint density at radius 3 is 2.37 bits per heavy atom. The largest absolute Gasteiger partial charge is 0.315 e. The smallest absolute Gasteiger partial charge is 0.148 e. The Hall–Kier alpha value is -0.535. The summed E-state index contributed by atoms with van der Waals surface area (Å²) in [7, 11) is 1.92. The molecule has 0 amide bonds. The lowest BCUT2D eigenvalue weighted by molar-refractivity contribution is 0.131. The van der Waals surface area contributed by atoms with Crippen LogP contribution in [0.15, 0.2) is 24.3 Å². The van der Waals surface area contributed by atoms with Crippen molar-refractivity contribution in [3.8, 4) is 0 Å². The lowest BCUT2D eigenvalue weighted by atomic mass is 9.73. The molecule has 1 aliphatic rings. The Morgan fingerprint density at radius 1 is 1.21 bits per heavy atom. The SMILES string of the molecule is C=S(C)OC(c1ccc([B]C)cc1)C1CCCCC1. The van der Waals surface area contributed by atoms with E-state index in [2.05, 4.69) is 50.5 Å². The molecule has 2 atom stereocenters. The van der Waals surface area contributed by atoms with Gasteiger partial charge in [-0.05, 0) is 24.3 Å². The average Bonchev–Trinajstić information content (AvgIpc) is 2.46. The Labute approximate surface area is 121 Å². The molecular weight excluding hydrogens is 251 g/mol. The van der Waals surface area contributed by atoms with E-state index >= 15 is 0 Å². The van der Waals surface area contributed by atoms with Crippen molar-refractivity contribution in [3.63, 3.8) is 0 Å². The number of rotatable bonds is 5. The molecule has 0 bridgehead atoms. The maximum Gasteiger partial charge on any atom is 0.148 e. The van der Waals surface area contributed by atoms with Crippen LogP contribution in [-0.2, 0) is 4.18 Å². The summed E-state index contributed by atoms with van der Waals surface area (Å²) in [6, 6.07) is 8.82. The summed E-state index contributed by atoms with van der Waals surface area (Å²) < 4.78 is 6.16. The first-order chi connectivity index (χ1) is 9.20. The third kappa shape index (κ3) is 4.22. The van der Waals surface area contributed by atoms with Gasteiger partial charge in [-0.25, -0.2) is 0 Å². The third-order valence-electron chi connectivity index (χ3n) is 3.94. The highest BCUT2D eigenvalue weighted by Gasteiger charge is 2.26. The van der Waals surface area contributed by atoms with Gasteiger partial charge in [-0.15, -0.1) is 0 Å². The highest BCUT2D eigenvalue weighted by Crippen LogP contribution is 2.39. The van der Waals surface area contributed by atoms with E-state index in [0.717, 1.165) is 0 Å². The van der Waals surface area contributed by atoms with Crippen molar-refractivity contribution in [1.29, 1.82) is 0 Å². The van der Waals surface area contributed by atoms with Gasteiger partial charge in [-0.1, -0.05) is 72.4 Å². The van der Waals surface area contributed by atoms with Crippen LogP contribution < -0.4 is 5.46 Å². The first kappa shape index (κ1) is 14.9. The van der Waals surface area contributed by atoms with Crippen molar-refractivity contribution in [2.75, 3.05) is 6.26 Å². The number of hydrogen-bond acceptors (Lipinski definition) is 1. The van der Waals surface area contributed by atoms with E-state index in [1.807, 2.05) is 0 Å². The van der Waals surface area contributed by atoms with Gasteiger partial charge in [0, 0.05) is 6.26 Å². The second-order valence-electron chi connectivity index (χ2n) is 5.44. The minimum Gasteiger partial charge on any atom is -0.315 e. The molecule has 1 aromatic carbocycles. The molecule has 1 fully saturated rings. The Bertz CT molecular complexity index is 409.